The predicted molar refractivity (Wildman–Crippen MR) is 47.4 cm³/mol. The molecule has 1 N–H and O–H groups in total. The highest BCUT2D eigenvalue weighted by molar-refractivity contribution is 5.72. The van der Waals surface area contributed by atoms with Gasteiger partial charge >= 0.3 is 0 Å². The summed E-state index contributed by atoms with van der Waals surface area (Å²) in [6.07, 6.45) is 3.49. The van der Waals surface area contributed by atoms with Crippen LogP contribution in [0.25, 0.3) is 11.0 Å². The first-order chi connectivity index (χ1) is 5.47. The highest BCUT2D eigenvalue weighted by atomic mass is 15.1. The van der Waals surface area contributed by atoms with Gasteiger partial charge in [0.25, 0.3) is 0 Å². The van der Waals surface area contributed by atoms with Gasteiger partial charge < -0.3 is 0 Å². The minimum Gasteiger partial charge on any atom is -0.261 e. The molecule has 0 aliphatic heterocycles. The lowest BCUT2D eigenvalue weighted by molar-refractivity contribution is 1.10. The maximum atomic E-state index is 4.02. The zero-order chi connectivity index (χ0) is 8.10. The summed E-state index contributed by atoms with van der Waals surface area (Å²) in [5, 5.41) is 7.63. The van der Waals surface area contributed by atoms with E-state index in [1.165, 1.54) is 0 Å². The Labute approximate surface area is 67.0 Å². The molecule has 0 unspecified atom stereocenters. The van der Waals surface area contributed by atoms with Crippen LogP contribution in [0.3, 0.4) is 0 Å². The van der Waals surface area contributed by atoms with E-state index in [2.05, 4.69) is 15.2 Å². The maximum absolute atomic E-state index is 4.02. The van der Waals surface area contributed by atoms with Gasteiger partial charge in [-0.25, -0.2) is 4.98 Å². The smallest absolute Gasteiger partial charge is 0.155 e. The fourth-order valence-corrected chi connectivity index (χ4v) is 0.778. The lowest BCUT2D eigenvalue weighted by atomic mass is 10.4. The molecule has 0 amide bonds. The molecule has 2 aromatic heterocycles. The van der Waals surface area contributed by atoms with Gasteiger partial charge in [0, 0.05) is 13.0 Å². The Balaban J connectivity index is 0.000000378. The Hall–Kier alpha value is -1.38. The molecule has 2 heterocycles. The number of aromatic nitrogens is 3. The summed E-state index contributed by atoms with van der Waals surface area (Å²) in [6, 6.07) is 3.85. The number of aromatic amines is 1. The van der Waals surface area contributed by atoms with Crippen molar-refractivity contribution in [1.29, 1.82) is 0 Å². The topological polar surface area (TPSA) is 41.6 Å². The van der Waals surface area contributed by atoms with Crippen molar-refractivity contribution in [2.45, 2.75) is 13.8 Å². The maximum Gasteiger partial charge on any atom is 0.155 e. The lowest BCUT2D eigenvalue weighted by Gasteiger charge is -1.80. The van der Waals surface area contributed by atoms with Crippen molar-refractivity contribution in [3.63, 3.8) is 0 Å². The summed E-state index contributed by atoms with van der Waals surface area (Å²) in [5.74, 6) is 0. The molecule has 2 aromatic rings. The van der Waals surface area contributed by atoms with Crippen molar-refractivity contribution in [3.8, 4) is 0 Å². The lowest BCUT2D eigenvalue weighted by Crippen LogP contribution is -1.71. The molecule has 0 atom stereocenters. The van der Waals surface area contributed by atoms with Crippen molar-refractivity contribution in [2.24, 2.45) is 0 Å². The van der Waals surface area contributed by atoms with Gasteiger partial charge in [-0.2, -0.15) is 5.10 Å². The summed E-state index contributed by atoms with van der Waals surface area (Å²) >= 11 is 0. The van der Waals surface area contributed by atoms with Crippen LogP contribution >= 0.6 is 0 Å². The van der Waals surface area contributed by atoms with Gasteiger partial charge in [-0.15, -0.1) is 0 Å². The molecule has 2 rings (SSSR count). The van der Waals surface area contributed by atoms with E-state index in [0.717, 1.165) is 11.0 Å². The predicted octanol–water partition coefficient (Wildman–Crippen LogP) is 2.23. The van der Waals surface area contributed by atoms with Gasteiger partial charge in [-0.1, -0.05) is 13.8 Å². The summed E-state index contributed by atoms with van der Waals surface area (Å²) in [4.78, 5) is 4.02. The van der Waals surface area contributed by atoms with Crippen molar-refractivity contribution >= 4 is 11.0 Å². The van der Waals surface area contributed by atoms with Crippen LogP contribution < -0.4 is 0 Å². The summed E-state index contributed by atoms with van der Waals surface area (Å²) in [7, 11) is 0. The quantitative estimate of drug-likeness (QED) is 0.627. The minimum absolute atomic E-state index is 0. The molecule has 0 aliphatic rings. The third-order valence-electron chi connectivity index (χ3n) is 1.21. The van der Waals surface area contributed by atoms with Crippen LogP contribution in [0.1, 0.15) is 15.3 Å². The standard InChI is InChI=1S/C6H5N3.C2H6.H2/c1-2-5-4-8-9-6(5)7-3-1;1-2;/h1-4H,(H,7,8,9);1-2H3;1H. The van der Waals surface area contributed by atoms with E-state index in [9.17, 15) is 0 Å². The molecule has 0 saturated carbocycles. The first kappa shape index (κ1) is 7.72. The highest BCUT2D eigenvalue weighted by Gasteiger charge is 1.89. The third kappa shape index (κ3) is 1.55. The van der Waals surface area contributed by atoms with E-state index >= 15 is 0 Å². The van der Waals surface area contributed by atoms with E-state index in [0.29, 0.717) is 0 Å². The molecule has 60 valence electrons. The number of hydrogen-bond acceptors (Lipinski definition) is 2. The number of hydrogen-bond donors (Lipinski definition) is 1. The Kier molecular flexibility index (Phi) is 2.60. The van der Waals surface area contributed by atoms with Gasteiger partial charge in [-0.05, 0) is 12.1 Å². The summed E-state index contributed by atoms with van der Waals surface area (Å²) in [5.41, 5.74) is 0.845. The van der Waals surface area contributed by atoms with E-state index in [1.54, 1.807) is 12.4 Å². The Morgan fingerprint density at radius 2 is 2.27 bits per heavy atom. The van der Waals surface area contributed by atoms with E-state index in [-0.39, 0.29) is 1.43 Å². The second-order valence-corrected chi connectivity index (χ2v) is 1.81. The average Bonchev–Trinajstić information content (AvgIpc) is 2.55. The van der Waals surface area contributed by atoms with Gasteiger partial charge in [0.2, 0.25) is 0 Å². The molecule has 11 heavy (non-hydrogen) atoms. The number of H-pyrrole nitrogens is 1. The Morgan fingerprint density at radius 1 is 1.45 bits per heavy atom. The molecular formula is C8H13N3. The molecule has 3 nitrogen and oxygen atoms in total. The van der Waals surface area contributed by atoms with Crippen LogP contribution in [0.5, 0.6) is 0 Å². The molecule has 0 aromatic carbocycles. The van der Waals surface area contributed by atoms with Gasteiger partial charge in [0.05, 0.1) is 6.20 Å². The van der Waals surface area contributed by atoms with Gasteiger partial charge in [0.1, 0.15) is 0 Å². The molecule has 0 fully saturated rings. The van der Waals surface area contributed by atoms with Crippen LogP contribution in [0.4, 0.5) is 0 Å². The van der Waals surface area contributed by atoms with Gasteiger partial charge in [-0.3, -0.25) is 5.10 Å². The fourth-order valence-electron chi connectivity index (χ4n) is 0.778. The molecular weight excluding hydrogens is 138 g/mol. The van der Waals surface area contributed by atoms with E-state index in [1.807, 2.05) is 26.0 Å². The largest absolute Gasteiger partial charge is 0.261 e. The number of nitrogens with one attached hydrogen (secondary N) is 1. The van der Waals surface area contributed by atoms with Gasteiger partial charge in [0.15, 0.2) is 5.65 Å². The van der Waals surface area contributed by atoms with Crippen molar-refractivity contribution in [1.82, 2.24) is 15.2 Å². The molecule has 0 radical (unpaired) electrons. The summed E-state index contributed by atoms with van der Waals surface area (Å²) < 4.78 is 0. The van der Waals surface area contributed by atoms with E-state index in [4.69, 9.17) is 0 Å². The van der Waals surface area contributed by atoms with Crippen LogP contribution in [0.15, 0.2) is 24.5 Å². The number of pyridine rings is 1. The van der Waals surface area contributed by atoms with Crippen molar-refractivity contribution < 1.29 is 1.43 Å². The summed E-state index contributed by atoms with van der Waals surface area (Å²) in [6.45, 7) is 4.00. The van der Waals surface area contributed by atoms with E-state index < -0.39 is 0 Å². The normalized spacial score (nSPS) is 8.91. The molecule has 3 heteroatoms. The van der Waals surface area contributed by atoms with Crippen molar-refractivity contribution in [2.75, 3.05) is 0 Å². The van der Waals surface area contributed by atoms with Crippen LogP contribution in [-0.2, 0) is 0 Å². The zero-order valence-electron chi connectivity index (χ0n) is 6.70. The average molecular weight is 151 g/mol. The molecule has 0 aliphatic carbocycles. The van der Waals surface area contributed by atoms with Crippen LogP contribution in [0.2, 0.25) is 0 Å². The molecule has 0 saturated heterocycles. The Bertz CT molecular complexity index is 288. The minimum atomic E-state index is 0. The number of nitrogens with zero attached hydrogens (tertiary/aromatic N) is 2. The van der Waals surface area contributed by atoms with Crippen LogP contribution in [-0.4, -0.2) is 15.2 Å². The Morgan fingerprint density at radius 3 is 3.00 bits per heavy atom. The molecule has 0 bridgehead atoms. The van der Waals surface area contributed by atoms with Crippen molar-refractivity contribution in [3.05, 3.63) is 24.5 Å². The number of fused-ring (bicyclic) bond motifs is 1. The first-order valence-corrected chi connectivity index (χ1v) is 3.71. The zero-order valence-corrected chi connectivity index (χ0v) is 6.70. The highest BCUT2D eigenvalue weighted by Crippen LogP contribution is 2.03. The third-order valence-corrected chi connectivity index (χ3v) is 1.21. The number of rotatable bonds is 0. The monoisotopic (exact) mass is 151 g/mol. The van der Waals surface area contributed by atoms with Crippen LogP contribution in [0, 0.1) is 0 Å². The first-order valence-electron chi connectivity index (χ1n) is 3.71. The SMILES string of the molecule is CC.[HH].c1cnc2[nH]ncc2c1. The second-order valence-electron chi connectivity index (χ2n) is 1.81. The molecule has 0 spiro atoms. The fraction of sp³-hybridized carbons (Fsp3) is 0.250. The second kappa shape index (κ2) is 3.71.